The van der Waals surface area contributed by atoms with Crippen LogP contribution in [0.25, 0.3) is 0 Å². The summed E-state index contributed by atoms with van der Waals surface area (Å²) in [4.78, 5) is 24.1. The zero-order valence-electron chi connectivity index (χ0n) is 14.7. The lowest BCUT2D eigenvalue weighted by Gasteiger charge is -2.27. The molecule has 3 rings (SSSR count). The molecule has 136 valence electrons. The molecule has 1 amide bonds. The van der Waals surface area contributed by atoms with E-state index in [0.717, 1.165) is 24.8 Å². The van der Waals surface area contributed by atoms with Crippen LogP contribution in [0.15, 0.2) is 18.2 Å². The number of ether oxygens (including phenoxy) is 2. The molecular formula is C19H25NO5. The van der Waals surface area contributed by atoms with Crippen molar-refractivity contribution in [3.8, 4) is 11.5 Å². The van der Waals surface area contributed by atoms with Gasteiger partial charge in [0.1, 0.15) is 0 Å². The highest BCUT2D eigenvalue weighted by atomic mass is 16.5. The van der Waals surface area contributed by atoms with Crippen molar-refractivity contribution in [2.24, 2.45) is 23.7 Å². The summed E-state index contributed by atoms with van der Waals surface area (Å²) < 4.78 is 10.5. The smallest absolute Gasteiger partial charge is 0.307 e. The van der Waals surface area contributed by atoms with E-state index < -0.39 is 11.9 Å². The van der Waals surface area contributed by atoms with E-state index in [2.05, 4.69) is 5.32 Å². The topological polar surface area (TPSA) is 84.9 Å². The Bertz CT molecular complexity index is 659. The van der Waals surface area contributed by atoms with Gasteiger partial charge in [-0.2, -0.15) is 0 Å². The Hall–Kier alpha value is -2.24. The third-order valence-corrected chi connectivity index (χ3v) is 5.67. The molecule has 2 aliphatic rings. The number of hydrogen-bond donors (Lipinski definition) is 2. The van der Waals surface area contributed by atoms with Crippen molar-refractivity contribution in [2.45, 2.75) is 25.7 Å². The number of fused-ring (bicyclic) bond motifs is 2. The van der Waals surface area contributed by atoms with Crippen LogP contribution in [-0.4, -0.2) is 37.7 Å². The van der Waals surface area contributed by atoms with Crippen molar-refractivity contribution < 1.29 is 24.2 Å². The molecule has 4 atom stereocenters. The van der Waals surface area contributed by atoms with Crippen molar-refractivity contribution in [2.75, 3.05) is 20.8 Å². The van der Waals surface area contributed by atoms with E-state index in [9.17, 15) is 14.7 Å². The van der Waals surface area contributed by atoms with E-state index in [4.69, 9.17) is 9.47 Å². The van der Waals surface area contributed by atoms with E-state index in [-0.39, 0.29) is 23.7 Å². The van der Waals surface area contributed by atoms with Crippen LogP contribution < -0.4 is 14.8 Å². The second-order valence-corrected chi connectivity index (χ2v) is 6.95. The van der Waals surface area contributed by atoms with Gasteiger partial charge in [-0.25, -0.2) is 0 Å². The van der Waals surface area contributed by atoms with E-state index in [0.29, 0.717) is 24.5 Å². The van der Waals surface area contributed by atoms with Gasteiger partial charge in [0.05, 0.1) is 26.1 Å². The van der Waals surface area contributed by atoms with E-state index in [1.807, 2.05) is 18.2 Å². The van der Waals surface area contributed by atoms with Crippen LogP contribution in [0.4, 0.5) is 0 Å². The minimum absolute atomic E-state index is 0.111. The lowest BCUT2D eigenvalue weighted by atomic mass is 9.78. The molecule has 2 bridgehead atoms. The van der Waals surface area contributed by atoms with Crippen LogP contribution in [0, 0.1) is 23.7 Å². The number of carboxylic acid groups (broad SMARTS) is 1. The summed E-state index contributed by atoms with van der Waals surface area (Å²) in [5.41, 5.74) is 1.03. The van der Waals surface area contributed by atoms with E-state index in [1.165, 1.54) is 0 Å². The number of hydrogen-bond acceptors (Lipinski definition) is 4. The van der Waals surface area contributed by atoms with Gasteiger partial charge < -0.3 is 19.9 Å². The van der Waals surface area contributed by atoms with Gasteiger partial charge in [-0.05, 0) is 55.2 Å². The number of benzene rings is 1. The number of aliphatic carboxylic acids is 1. The molecule has 0 aromatic heterocycles. The number of carbonyl (C=O) groups is 2. The zero-order chi connectivity index (χ0) is 18.0. The third kappa shape index (κ3) is 3.43. The van der Waals surface area contributed by atoms with Gasteiger partial charge >= 0.3 is 5.97 Å². The Kier molecular flexibility index (Phi) is 5.16. The molecule has 25 heavy (non-hydrogen) atoms. The Morgan fingerprint density at radius 1 is 1.12 bits per heavy atom. The Morgan fingerprint density at radius 2 is 1.80 bits per heavy atom. The standard InChI is InChI=1S/C19H25NO5/c1-24-14-6-3-11(9-15(14)25-2)7-8-20-18(21)16-12-4-5-13(10-12)17(16)19(22)23/h3,6,9,12-13,16-17H,4-5,7-8,10H2,1-2H3,(H,20,21)(H,22,23)/t12-,13-,16-,17+/m0/s1. The first-order valence-corrected chi connectivity index (χ1v) is 8.76. The van der Waals surface area contributed by atoms with Gasteiger partial charge in [-0.15, -0.1) is 0 Å². The third-order valence-electron chi connectivity index (χ3n) is 5.67. The van der Waals surface area contributed by atoms with Gasteiger partial charge in [0.2, 0.25) is 5.91 Å². The predicted octanol–water partition coefficient (Wildman–Crippen LogP) is 2.11. The number of carbonyl (C=O) groups excluding carboxylic acids is 1. The Balaban J connectivity index is 1.57. The lowest BCUT2D eigenvalue weighted by Crippen LogP contribution is -2.41. The normalized spacial score (nSPS) is 27.1. The molecule has 0 saturated heterocycles. The fourth-order valence-electron chi connectivity index (χ4n) is 4.51. The average Bonchev–Trinajstić information content (AvgIpc) is 3.22. The minimum atomic E-state index is -0.827. The Morgan fingerprint density at radius 3 is 2.44 bits per heavy atom. The molecule has 2 aliphatic carbocycles. The maximum atomic E-state index is 12.5. The van der Waals surface area contributed by atoms with Crippen molar-refractivity contribution in [1.29, 1.82) is 0 Å². The fraction of sp³-hybridized carbons (Fsp3) is 0.579. The quantitative estimate of drug-likeness (QED) is 0.789. The van der Waals surface area contributed by atoms with Crippen LogP contribution in [0.1, 0.15) is 24.8 Å². The van der Waals surface area contributed by atoms with Gasteiger partial charge in [0.25, 0.3) is 0 Å². The fourth-order valence-corrected chi connectivity index (χ4v) is 4.51. The summed E-state index contributed by atoms with van der Waals surface area (Å²) in [5.74, 6) is -0.1000. The molecule has 6 nitrogen and oxygen atoms in total. The second-order valence-electron chi connectivity index (χ2n) is 6.95. The van der Waals surface area contributed by atoms with Crippen LogP contribution >= 0.6 is 0 Å². The van der Waals surface area contributed by atoms with Crippen LogP contribution in [0.2, 0.25) is 0 Å². The van der Waals surface area contributed by atoms with E-state index >= 15 is 0 Å². The molecule has 0 spiro atoms. The summed E-state index contributed by atoms with van der Waals surface area (Å²) >= 11 is 0. The summed E-state index contributed by atoms with van der Waals surface area (Å²) in [6.07, 6.45) is 3.45. The largest absolute Gasteiger partial charge is 0.493 e. The molecule has 2 saturated carbocycles. The minimum Gasteiger partial charge on any atom is -0.493 e. The first-order valence-electron chi connectivity index (χ1n) is 8.76. The summed E-state index contributed by atoms with van der Waals surface area (Å²) in [6, 6.07) is 5.67. The number of nitrogens with one attached hydrogen (secondary N) is 1. The Labute approximate surface area is 147 Å². The maximum Gasteiger partial charge on any atom is 0.307 e. The molecule has 0 aliphatic heterocycles. The molecule has 0 heterocycles. The molecule has 1 aromatic rings. The number of methoxy groups -OCH3 is 2. The highest BCUT2D eigenvalue weighted by molar-refractivity contribution is 5.86. The monoisotopic (exact) mass is 347 g/mol. The van der Waals surface area contributed by atoms with Gasteiger partial charge in [-0.3, -0.25) is 9.59 Å². The molecular weight excluding hydrogens is 322 g/mol. The van der Waals surface area contributed by atoms with Crippen molar-refractivity contribution in [1.82, 2.24) is 5.32 Å². The van der Waals surface area contributed by atoms with Crippen molar-refractivity contribution >= 4 is 11.9 Å². The molecule has 6 heteroatoms. The van der Waals surface area contributed by atoms with Crippen LogP contribution in [0.3, 0.4) is 0 Å². The van der Waals surface area contributed by atoms with Crippen molar-refractivity contribution in [3.05, 3.63) is 23.8 Å². The number of rotatable bonds is 7. The maximum absolute atomic E-state index is 12.5. The molecule has 0 radical (unpaired) electrons. The van der Waals surface area contributed by atoms with Crippen LogP contribution in [-0.2, 0) is 16.0 Å². The molecule has 1 aromatic carbocycles. The first-order chi connectivity index (χ1) is 12.0. The first kappa shape index (κ1) is 17.6. The predicted molar refractivity (Wildman–Crippen MR) is 91.7 cm³/mol. The summed E-state index contributed by atoms with van der Waals surface area (Å²) in [5, 5.41) is 12.4. The SMILES string of the molecule is COc1ccc(CCNC(=O)[C@H]2[C@H]3CC[C@@H](C3)[C@H]2C(=O)O)cc1OC. The number of amides is 1. The second kappa shape index (κ2) is 7.33. The number of carboxylic acids is 1. The summed E-state index contributed by atoms with van der Waals surface area (Å²) in [7, 11) is 3.18. The van der Waals surface area contributed by atoms with Crippen molar-refractivity contribution in [3.63, 3.8) is 0 Å². The average molecular weight is 347 g/mol. The molecule has 2 fully saturated rings. The van der Waals surface area contributed by atoms with Crippen LogP contribution in [0.5, 0.6) is 11.5 Å². The van der Waals surface area contributed by atoms with Gasteiger partial charge in [0, 0.05) is 6.54 Å². The summed E-state index contributed by atoms with van der Waals surface area (Å²) in [6.45, 7) is 0.481. The zero-order valence-corrected chi connectivity index (χ0v) is 14.7. The van der Waals surface area contributed by atoms with E-state index in [1.54, 1.807) is 14.2 Å². The highest BCUT2D eigenvalue weighted by Gasteiger charge is 2.53. The lowest BCUT2D eigenvalue weighted by molar-refractivity contribution is -0.149. The molecule has 0 unspecified atom stereocenters. The molecule has 2 N–H and O–H groups in total. The van der Waals surface area contributed by atoms with Gasteiger partial charge in [-0.1, -0.05) is 6.07 Å². The van der Waals surface area contributed by atoms with Gasteiger partial charge in [0.15, 0.2) is 11.5 Å². The highest BCUT2D eigenvalue weighted by Crippen LogP contribution is 2.52.